The molecule has 4 unspecified atom stereocenters. The Labute approximate surface area is 98.4 Å². The van der Waals surface area contributed by atoms with E-state index in [4.69, 9.17) is 20.4 Å². The van der Waals surface area contributed by atoms with E-state index in [-0.39, 0.29) is 14.9 Å². The molecule has 0 bridgehead atoms. The third-order valence-electron chi connectivity index (χ3n) is 1.31. The van der Waals surface area contributed by atoms with Crippen LogP contribution in [-0.4, -0.2) is 59.4 Å². The highest BCUT2D eigenvalue weighted by Gasteiger charge is 2.06. The number of rotatable bonds is 4. The highest BCUT2D eigenvalue weighted by Crippen LogP contribution is 1.89. The normalized spacial score (nSPS) is 16.5. The summed E-state index contributed by atoms with van der Waals surface area (Å²) < 4.78 is 8.63. The molecule has 0 heterocycles. The van der Waals surface area contributed by atoms with Gasteiger partial charge in [0.25, 0.3) is 0 Å². The average Bonchev–Trinajstić information content (AvgIpc) is 2.15. The van der Waals surface area contributed by atoms with Crippen molar-refractivity contribution in [1.82, 2.24) is 0 Å². The van der Waals surface area contributed by atoms with Crippen LogP contribution in [0.5, 0.6) is 0 Å². The maximum Gasteiger partial charge on any atom is 0.180 e. The predicted molar refractivity (Wildman–Crippen MR) is 62.9 cm³/mol. The van der Waals surface area contributed by atoms with Crippen molar-refractivity contribution in [3.8, 4) is 0 Å². The fourth-order valence-electron chi connectivity index (χ4n) is 0.394. The zero-order valence-corrected chi connectivity index (χ0v) is 8.91. The Morgan fingerprint density at radius 1 is 0.688 bits per heavy atom. The van der Waals surface area contributed by atoms with Gasteiger partial charge in [-0.25, -0.2) is 0 Å². The minimum Gasteiger partial charge on any atom is -0.388 e. The van der Waals surface area contributed by atoms with Crippen LogP contribution < -0.4 is 0 Å². The summed E-state index contributed by atoms with van der Waals surface area (Å²) in [6.07, 6.45) is -3.69. The number of methoxy groups -OCH3 is 2. The smallest absolute Gasteiger partial charge is 0.180 e. The molecule has 0 fully saturated rings. The number of hydrogen-bond acceptors (Lipinski definition) is 6. The molecule has 0 aromatic heterocycles. The van der Waals surface area contributed by atoms with Crippen molar-refractivity contribution in [1.29, 1.82) is 0 Å². The van der Waals surface area contributed by atoms with Crippen LogP contribution in [0.3, 0.4) is 0 Å². The fraction of sp³-hybridized carbons (Fsp3) is 1.00. The van der Waals surface area contributed by atoms with Crippen LogP contribution in [0.25, 0.3) is 0 Å². The molecule has 104 valence electrons. The first-order valence-electron chi connectivity index (χ1n) is 4.14. The highest BCUT2D eigenvalue weighted by molar-refractivity contribution is 4.45. The average molecular weight is 244 g/mol. The van der Waals surface area contributed by atoms with Gasteiger partial charge in [-0.3, -0.25) is 0 Å². The zero-order valence-electron chi connectivity index (χ0n) is 8.91. The van der Waals surface area contributed by atoms with Gasteiger partial charge in [0.1, 0.15) is 12.2 Å². The molecule has 6 nitrogen and oxygen atoms in total. The van der Waals surface area contributed by atoms with Crippen molar-refractivity contribution in [2.45, 2.75) is 53.5 Å². The van der Waals surface area contributed by atoms with Gasteiger partial charge in [-0.15, -0.1) is 0 Å². The van der Waals surface area contributed by atoms with Crippen LogP contribution >= 0.6 is 0 Å². The molecule has 6 heteroatoms. The predicted octanol–water partition coefficient (Wildman–Crippen LogP) is -0.0638. The lowest BCUT2D eigenvalue weighted by Gasteiger charge is -2.09. The quantitative estimate of drug-likeness (QED) is 0.517. The van der Waals surface area contributed by atoms with Gasteiger partial charge in [0.15, 0.2) is 12.6 Å². The fourth-order valence-corrected chi connectivity index (χ4v) is 0.394. The Morgan fingerprint density at radius 2 is 0.875 bits per heavy atom. The monoisotopic (exact) mass is 244 g/mol. The van der Waals surface area contributed by atoms with Gasteiger partial charge in [0, 0.05) is 14.2 Å². The molecule has 0 aliphatic heterocycles. The molecular formula is C10H28O6. The molecule has 0 saturated carbocycles. The molecule has 16 heavy (non-hydrogen) atoms. The standard InChI is InChI=1S/2C4H10O3.2CH4/c2*1-3(5)4(6)7-2;;/h2*3-6H,1-2H3;2*1H4. The van der Waals surface area contributed by atoms with Crippen LogP contribution in [0.4, 0.5) is 0 Å². The lowest BCUT2D eigenvalue weighted by Crippen LogP contribution is -2.23. The van der Waals surface area contributed by atoms with Crippen molar-refractivity contribution in [2.75, 3.05) is 14.2 Å². The van der Waals surface area contributed by atoms with E-state index in [2.05, 4.69) is 9.47 Å². The lowest BCUT2D eigenvalue weighted by molar-refractivity contribution is -0.137. The van der Waals surface area contributed by atoms with Crippen LogP contribution in [-0.2, 0) is 9.47 Å². The molecule has 0 aliphatic carbocycles. The summed E-state index contributed by atoms with van der Waals surface area (Å²) in [6.45, 7) is 2.91. The molecule has 0 saturated heterocycles. The van der Waals surface area contributed by atoms with E-state index in [1.807, 2.05) is 0 Å². The first kappa shape index (κ1) is 24.8. The second-order valence-corrected chi connectivity index (χ2v) is 2.73. The summed E-state index contributed by atoms with van der Waals surface area (Å²) in [5.74, 6) is 0. The van der Waals surface area contributed by atoms with Crippen molar-refractivity contribution < 1.29 is 29.9 Å². The van der Waals surface area contributed by atoms with E-state index in [0.29, 0.717) is 0 Å². The maximum absolute atomic E-state index is 8.46. The highest BCUT2D eigenvalue weighted by atomic mass is 16.6. The van der Waals surface area contributed by atoms with Gasteiger partial charge in [-0.2, -0.15) is 0 Å². The topological polar surface area (TPSA) is 99.4 Å². The van der Waals surface area contributed by atoms with Gasteiger partial charge in [-0.1, -0.05) is 14.9 Å². The second-order valence-electron chi connectivity index (χ2n) is 2.73. The van der Waals surface area contributed by atoms with E-state index in [0.717, 1.165) is 0 Å². The lowest BCUT2D eigenvalue weighted by atomic mass is 10.4. The summed E-state index contributed by atoms with van der Waals surface area (Å²) in [6, 6.07) is 0. The first-order valence-corrected chi connectivity index (χ1v) is 4.14. The van der Waals surface area contributed by atoms with Crippen LogP contribution in [0, 0.1) is 0 Å². The van der Waals surface area contributed by atoms with Gasteiger partial charge >= 0.3 is 0 Å². The molecule has 0 aromatic rings. The minimum atomic E-state index is -1.04. The molecule has 0 aliphatic rings. The van der Waals surface area contributed by atoms with Crippen molar-refractivity contribution in [3.05, 3.63) is 0 Å². The molecule has 0 aromatic carbocycles. The van der Waals surface area contributed by atoms with Crippen molar-refractivity contribution in [2.24, 2.45) is 0 Å². The Kier molecular flexibility index (Phi) is 22.9. The summed E-state index contributed by atoms with van der Waals surface area (Å²) in [7, 11) is 2.66. The van der Waals surface area contributed by atoms with E-state index in [9.17, 15) is 0 Å². The van der Waals surface area contributed by atoms with E-state index in [1.54, 1.807) is 0 Å². The van der Waals surface area contributed by atoms with Gasteiger partial charge in [-0.05, 0) is 13.8 Å². The van der Waals surface area contributed by atoms with Crippen LogP contribution in [0.2, 0.25) is 0 Å². The van der Waals surface area contributed by atoms with E-state index in [1.165, 1.54) is 28.1 Å². The number of aliphatic hydroxyl groups excluding tert-OH is 4. The Bertz CT molecular complexity index is 104. The van der Waals surface area contributed by atoms with Gasteiger partial charge in [0.05, 0.1) is 0 Å². The molecule has 0 amide bonds. The molecule has 0 rings (SSSR count). The van der Waals surface area contributed by atoms with E-state index < -0.39 is 24.8 Å². The number of ether oxygens (including phenoxy) is 2. The van der Waals surface area contributed by atoms with Crippen molar-refractivity contribution in [3.63, 3.8) is 0 Å². The first-order chi connectivity index (χ1) is 6.36. The second kappa shape index (κ2) is 14.8. The Hall–Kier alpha value is -0.240. The minimum absolute atomic E-state index is 0. The molecule has 0 spiro atoms. The summed E-state index contributed by atoms with van der Waals surface area (Å²) >= 11 is 0. The third kappa shape index (κ3) is 16.2. The van der Waals surface area contributed by atoms with Gasteiger partial charge in [0.2, 0.25) is 0 Å². The van der Waals surface area contributed by atoms with Crippen LogP contribution in [0.1, 0.15) is 28.7 Å². The molecule has 4 N–H and O–H groups in total. The third-order valence-corrected chi connectivity index (χ3v) is 1.31. The molecular weight excluding hydrogens is 216 g/mol. The number of aliphatic hydroxyl groups is 4. The van der Waals surface area contributed by atoms with Crippen molar-refractivity contribution >= 4 is 0 Å². The summed E-state index contributed by atoms with van der Waals surface area (Å²) in [5.41, 5.74) is 0. The van der Waals surface area contributed by atoms with Crippen LogP contribution in [0.15, 0.2) is 0 Å². The molecule has 4 atom stereocenters. The maximum atomic E-state index is 8.46. The SMILES string of the molecule is C.C.COC(O)C(C)O.COC(O)C(C)O. The summed E-state index contributed by atoms with van der Waals surface area (Å²) in [5, 5.41) is 33.8. The summed E-state index contributed by atoms with van der Waals surface area (Å²) in [4.78, 5) is 0. The Balaban J connectivity index is -0.0000000800. The molecule has 0 radical (unpaired) electrons. The van der Waals surface area contributed by atoms with E-state index >= 15 is 0 Å². The number of hydrogen-bond donors (Lipinski definition) is 4. The zero-order chi connectivity index (χ0) is 11.7. The largest absolute Gasteiger partial charge is 0.388 e. The Morgan fingerprint density at radius 3 is 0.875 bits per heavy atom. The van der Waals surface area contributed by atoms with Gasteiger partial charge < -0.3 is 29.9 Å².